The van der Waals surface area contributed by atoms with Crippen molar-refractivity contribution in [3.05, 3.63) is 36.5 Å². The van der Waals surface area contributed by atoms with E-state index in [2.05, 4.69) is 34.1 Å². The van der Waals surface area contributed by atoms with Crippen molar-refractivity contribution in [1.29, 1.82) is 0 Å². The van der Waals surface area contributed by atoms with Crippen LogP contribution in [0.2, 0.25) is 0 Å². The maximum atomic E-state index is 8.59. The Morgan fingerprint density at radius 3 is 2.89 bits per heavy atom. The molecule has 19 heavy (non-hydrogen) atoms. The van der Waals surface area contributed by atoms with Crippen molar-refractivity contribution >= 4 is 22.4 Å². The van der Waals surface area contributed by atoms with Crippen molar-refractivity contribution in [2.45, 2.75) is 13.3 Å². The summed E-state index contributed by atoms with van der Waals surface area (Å²) in [4.78, 5) is 6.59. The van der Waals surface area contributed by atoms with Crippen LogP contribution in [0, 0.1) is 0 Å². The Kier molecular flexibility index (Phi) is 4.18. The normalized spacial score (nSPS) is 11.7. The lowest BCUT2D eigenvalue weighted by molar-refractivity contribution is 0.317. The molecule has 0 bridgehead atoms. The second-order valence-electron chi connectivity index (χ2n) is 4.28. The summed E-state index contributed by atoms with van der Waals surface area (Å²) in [6.07, 6.45) is 2.32. The molecule has 2 aromatic rings. The number of benzene rings is 1. The van der Waals surface area contributed by atoms with Gasteiger partial charge in [-0.3, -0.25) is 0 Å². The van der Waals surface area contributed by atoms with Crippen LogP contribution in [0.4, 0.5) is 5.82 Å². The number of aromatic nitrogens is 1. The van der Waals surface area contributed by atoms with Gasteiger partial charge in [0, 0.05) is 31.1 Å². The first kappa shape index (κ1) is 13.1. The Hall–Kier alpha value is -2.30. The third kappa shape index (κ3) is 2.93. The van der Waals surface area contributed by atoms with Gasteiger partial charge in [-0.05, 0) is 18.4 Å². The highest BCUT2D eigenvalue weighted by atomic mass is 16.4. The highest BCUT2D eigenvalue weighted by Crippen LogP contribution is 2.23. The Balaban J connectivity index is 2.30. The van der Waals surface area contributed by atoms with E-state index in [9.17, 15) is 0 Å². The zero-order valence-corrected chi connectivity index (χ0v) is 11.0. The van der Waals surface area contributed by atoms with Crippen molar-refractivity contribution in [3.63, 3.8) is 0 Å². The van der Waals surface area contributed by atoms with Crippen LogP contribution >= 0.6 is 0 Å². The fourth-order valence-corrected chi connectivity index (χ4v) is 2.07. The Morgan fingerprint density at radius 2 is 2.16 bits per heavy atom. The number of anilines is 1. The van der Waals surface area contributed by atoms with E-state index in [0.29, 0.717) is 13.0 Å². The molecule has 0 fully saturated rings. The zero-order chi connectivity index (χ0) is 13.7. The molecule has 0 unspecified atom stereocenters. The molecular formula is C14H18N4O. The second kappa shape index (κ2) is 6.04. The van der Waals surface area contributed by atoms with Crippen molar-refractivity contribution in [2.75, 3.05) is 18.0 Å². The molecule has 100 valence electrons. The molecule has 0 saturated heterocycles. The molecule has 1 heterocycles. The van der Waals surface area contributed by atoms with Gasteiger partial charge in [-0.25, -0.2) is 4.98 Å². The van der Waals surface area contributed by atoms with Gasteiger partial charge in [-0.2, -0.15) is 0 Å². The minimum atomic E-state index is 0.235. The lowest BCUT2D eigenvalue weighted by Gasteiger charge is -2.23. The van der Waals surface area contributed by atoms with E-state index < -0.39 is 0 Å². The van der Waals surface area contributed by atoms with Crippen molar-refractivity contribution in [1.82, 2.24) is 4.98 Å². The average Bonchev–Trinajstić information content (AvgIpc) is 2.47. The molecule has 0 aliphatic carbocycles. The molecule has 0 aliphatic rings. The first-order valence-electron chi connectivity index (χ1n) is 6.31. The molecule has 5 heteroatoms. The number of pyridine rings is 1. The van der Waals surface area contributed by atoms with Gasteiger partial charge in [0.1, 0.15) is 11.7 Å². The quantitative estimate of drug-likeness (QED) is 0.373. The molecule has 0 aliphatic heterocycles. The van der Waals surface area contributed by atoms with Gasteiger partial charge < -0.3 is 15.8 Å². The molecule has 1 aromatic carbocycles. The van der Waals surface area contributed by atoms with Crippen molar-refractivity contribution < 1.29 is 5.21 Å². The summed E-state index contributed by atoms with van der Waals surface area (Å²) in [5.41, 5.74) is 5.52. The van der Waals surface area contributed by atoms with Crippen molar-refractivity contribution in [3.8, 4) is 0 Å². The summed E-state index contributed by atoms with van der Waals surface area (Å²) in [6, 6.07) is 10.1. The monoisotopic (exact) mass is 258 g/mol. The van der Waals surface area contributed by atoms with Gasteiger partial charge in [0.15, 0.2) is 0 Å². The standard InChI is InChI=1S/C14H18N4O/c1-2-18(10-8-13(15)17-19)14-12-6-4-3-5-11(12)7-9-16-14/h3-7,9,19H,2,8,10H2,1H3,(H2,15,17). The summed E-state index contributed by atoms with van der Waals surface area (Å²) in [5, 5.41) is 13.9. The molecular weight excluding hydrogens is 240 g/mol. The van der Waals surface area contributed by atoms with Crippen LogP contribution in [0.1, 0.15) is 13.3 Å². The van der Waals surface area contributed by atoms with Gasteiger partial charge in [0.2, 0.25) is 0 Å². The Labute approximate surface area is 112 Å². The highest BCUT2D eigenvalue weighted by Gasteiger charge is 2.10. The minimum Gasteiger partial charge on any atom is -0.409 e. The molecule has 0 saturated carbocycles. The van der Waals surface area contributed by atoms with E-state index >= 15 is 0 Å². The van der Waals surface area contributed by atoms with Crippen LogP contribution in [0.5, 0.6) is 0 Å². The first-order chi connectivity index (χ1) is 9.26. The van der Waals surface area contributed by atoms with E-state index in [1.165, 1.54) is 0 Å². The zero-order valence-electron chi connectivity index (χ0n) is 11.0. The Bertz CT molecular complexity index is 577. The van der Waals surface area contributed by atoms with E-state index in [1.807, 2.05) is 24.4 Å². The van der Waals surface area contributed by atoms with E-state index in [4.69, 9.17) is 10.9 Å². The first-order valence-corrected chi connectivity index (χ1v) is 6.31. The lowest BCUT2D eigenvalue weighted by atomic mass is 10.1. The van der Waals surface area contributed by atoms with Crippen molar-refractivity contribution in [2.24, 2.45) is 10.9 Å². The molecule has 0 amide bonds. The predicted molar refractivity (Wildman–Crippen MR) is 77.7 cm³/mol. The third-order valence-corrected chi connectivity index (χ3v) is 3.10. The minimum absolute atomic E-state index is 0.235. The van der Waals surface area contributed by atoms with Crippen LogP contribution in [0.15, 0.2) is 41.7 Å². The van der Waals surface area contributed by atoms with Gasteiger partial charge in [-0.15, -0.1) is 0 Å². The summed E-state index contributed by atoms with van der Waals surface area (Å²) in [6.45, 7) is 3.56. The SMILES string of the molecule is CCN(CC/C(N)=N/O)c1nccc2ccccc12. The highest BCUT2D eigenvalue weighted by molar-refractivity contribution is 5.92. The lowest BCUT2D eigenvalue weighted by Crippen LogP contribution is -2.28. The van der Waals surface area contributed by atoms with Gasteiger partial charge >= 0.3 is 0 Å². The maximum Gasteiger partial charge on any atom is 0.140 e. The molecule has 0 radical (unpaired) electrons. The predicted octanol–water partition coefficient (Wildman–Crippen LogP) is 2.20. The Morgan fingerprint density at radius 1 is 1.37 bits per heavy atom. The molecule has 5 nitrogen and oxygen atoms in total. The summed E-state index contributed by atoms with van der Waals surface area (Å²) in [7, 11) is 0. The number of hydrogen-bond donors (Lipinski definition) is 2. The molecule has 1 aromatic heterocycles. The topological polar surface area (TPSA) is 74.7 Å². The van der Waals surface area contributed by atoms with Crippen LogP contribution in [0.25, 0.3) is 10.8 Å². The number of nitrogens with two attached hydrogens (primary N) is 1. The molecule has 0 atom stereocenters. The second-order valence-corrected chi connectivity index (χ2v) is 4.28. The van der Waals surface area contributed by atoms with Crippen LogP contribution in [-0.4, -0.2) is 29.1 Å². The third-order valence-electron chi connectivity index (χ3n) is 3.10. The number of oxime groups is 1. The fraction of sp³-hybridized carbons (Fsp3) is 0.286. The fourth-order valence-electron chi connectivity index (χ4n) is 2.07. The molecule has 3 N–H and O–H groups in total. The van der Waals surface area contributed by atoms with E-state index in [-0.39, 0.29) is 5.84 Å². The maximum absolute atomic E-state index is 8.59. The number of nitrogens with zero attached hydrogens (tertiary/aromatic N) is 3. The van der Waals surface area contributed by atoms with Crippen LogP contribution in [0.3, 0.4) is 0 Å². The van der Waals surface area contributed by atoms with Crippen LogP contribution in [-0.2, 0) is 0 Å². The smallest absolute Gasteiger partial charge is 0.140 e. The largest absolute Gasteiger partial charge is 0.409 e. The molecule has 0 spiro atoms. The average molecular weight is 258 g/mol. The summed E-state index contributed by atoms with van der Waals surface area (Å²) in [5.74, 6) is 1.17. The van der Waals surface area contributed by atoms with Crippen LogP contribution < -0.4 is 10.6 Å². The summed E-state index contributed by atoms with van der Waals surface area (Å²) < 4.78 is 0. The van der Waals surface area contributed by atoms with E-state index in [1.54, 1.807) is 0 Å². The van der Waals surface area contributed by atoms with Gasteiger partial charge in [0.05, 0.1) is 0 Å². The number of hydrogen-bond acceptors (Lipinski definition) is 4. The number of fused-ring (bicyclic) bond motifs is 1. The molecule has 2 rings (SSSR count). The van der Waals surface area contributed by atoms with Gasteiger partial charge in [-0.1, -0.05) is 29.4 Å². The van der Waals surface area contributed by atoms with Gasteiger partial charge in [0.25, 0.3) is 0 Å². The summed E-state index contributed by atoms with van der Waals surface area (Å²) >= 11 is 0. The number of amidine groups is 1. The number of rotatable bonds is 5. The van der Waals surface area contributed by atoms with E-state index in [0.717, 1.165) is 23.1 Å².